The molecule has 0 unspecified atom stereocenters. The zero-order chi connectivity index (χ0) is 12.2. The number of anilines is 1. The van der Waals surface area contributed by atoms with Crippen LogP contribution in [0.1, 0.15) is 20.3 Å². The van der Waals surface area contributed by atoms with Gasteiger partial charge in [-0.25, -0.2) is 4.39 Å². The van der Waals surface area contributed by atoms with Gasteiger partial charge in [0.15, 0.2) is 11.6 Å². The van der Waals surface area contributed by atoms with Gasteiger partial charge in [0.05, 0.1) is 7.11 Å². The Kier molecular flexibility index (Phi) is 4.12. The summed E-state index contributed by atoms with van der Waals surface area (Å²) in [5.74, 6) is -0.107. The first-order valence-electron chi connectivity index (χ1n) is 5.29. The first kappa shape index (κ1) is 12.8. The Bertz CT molecular complexity index is 347. The van der Waals surface area contributed by atoms with Crippen LogP contribution in [0.25, 0.3) is 0 Å². The fourth-order valence-electron chi connectivity index (χ4n) is 1.31. The lowest BCUT2D eigenvalue weighted by molar-refractivity contribution is 0.386. The molecule has 1 rings (SSSR count). The minimum atomic E-state index is -0.362. The predicted molar refractivity (Wildman–Crippen MR) is 64.3 cm³/mol. The molecule has 0 saturated heterocycles. The molecule has 0 atom stereocenters. The molecule has 0 aromatic heterocycles. The van der Waals surface area contributed by atoms with Gasteiger partial charge in [-0.1, -0.05) is 0 Å². The highest BCUT2D eigenvalue weighted by Gasteiger charge is 2.09. The van der Waals surface area contributed by atoms with Gasteiger partial charge >= 0.3 is 0 Å². The van der Waals surface area contributed by atoms with Gasteiger partial charge in [0.2, 0.25) is 0 Å². The quantitative estimate of drug-likeness (QED) is 0.810. The Balaban J connectivity index is 2.52. The van der Waals surface area contributed by atoms with E-state index in [-0.39, 0.29) is 17.1 Å². The van der Waals surface area contributed by atoms with Gasteiger partial charge in [-0.3, -0.25) is 0 Å². The fourth-order valence-corrected chi connectivity index (χ4v) is 1.31. The third-order valence-electron chi connectivity index (χ3n) is 2.25. The topological polar surface area (TPSA) is 47.3 Å². The maximum atomic E-state index is 13.3. The van der Waals surface area contributed by atoms with Crippen molar-refractivity contribution in [3.05, 3.63) is 24.0 Å². The smallest absolute Gasteiger partial charge is 0.167 e. The molecule has 1 aromatic carbocycles. The highest BCUT2D eigenvalue weighted by Crippen LogP contribution is 2.20. The van der Waals surface area contributed by atoms with Crippen LogP contribution in [0.4, 0.5) is 10.1 Å². The average Bonchev–Trinajstić information content (AvgIpc) is 2.16. The van der Waals surface area contributed by atoms with E-state index in [2.05, 4.69) is 5.32 Å². The summed E-state index contributed by atoms with van der Waals surface area (Å²) in [5, 5.41) is 3.12. The standard InChI is InChI=1S/C12H19FN2O/c1-12(2,14)6-7-15-9-4-5-11(16-3)10(13)8-9/h4-5,8,15H,6-7,14H2,1-3H3. The van der Waals surface area contributed by atoms with Crippen LogP contribution in [-0.2, 0) is 0 Å². The fraction of sp³-hybridized carbons (Fsp3) is 0.500. The van der Waals surface area contributed by atoms with Crippen molar-refractivity contribution in [3.8, 4) is 5.75 Å². The van der Waals surface area contributed by atoms with E-state index in [1.54, 1.807) is 12.1 Å². The summed E-state index contributed by atoms with van der Waals surface area (Å²) >= 11 is 0. The van der Waals surface area contributed by atoms with Gasteiger partial charge in [0.1, 0.15) is 0 Å². The Hall–Kier alpha value is -1.29. The van der Waals surface area contributed by atoms with Crippen LogP contribution in [0.5, 0.6) is 5.75 Å². The van der Waals surface area contributed by atoms with E-state index >= 15 is 0 Å². The molecule has 0 bridgehead atoms. The minimum Gasteiger partial charge on any atom is -0.494 e. The summed E-state index contributed by atoms with van der Waals surface area (Å²) in [6, 6.07) is 4.80. The summed E-state index contributed by atoms with van der Waals surface area (Å²) in [4.78, 5) is 0. The molecule has 3 nitrogen and oxygen atoms in total. The normalized spacial score (nSPS) is 11.3. The SMILES string of the molecule is COc1ccc(NCCC(C)(C)N)cc1F. The van der Waals surface area contributed by atoms with Gasteiger partial charge in [-0.2, -0.15) is 0 Å². The highest BCUT2D eigenvalue weighted by atomic mass is 19.1. The van der Waals surface area contributed by atoms with Crippen molar-refractivity contribution in [2.24, 2.45) is 5.73 Å². The van der Waals surface area contributed by atoms with Gasteiger partial charge in [0, 0.05) is 23.8 Å². The first-order chi connectivity index (χ1) is 7.42. The third kappa shape index (κ3) is 4.06. The summed E-state index contributed by atoms with van der Waals surface area (Å²) < 4.78 is 18.2. The zero-order valence-electron chi connectivity index (χ0n) is 10.0. The lowest BCUT2D eigenvalue weighted by Crippen LogP contribution is -2.34. The van der Waals surface area contributed by atoms with Gasteiger partial charge in [0.25, 0.3) is 0 Å². The molecule has 3 N–H and O–H groups in total. The van der Waals surface area contributed by atoms with Crippen molar-refractivity contribution in [1.29, 1.82) is 0 Å². The number of rotatable bonds is 5. The molecule has 0 fully saturated rings. The molecule has 0 aliphatic rings. The molecule has 0 heterocycles. The van der Waals surface area contributed by atoms with Crippen LogP contribution in [-0.4, -0.2) is 19.2 Å². The number of hydrogen-bond acceptors (Lipinski definition) is 3. The van der Waals surface area contributed by atoms with E-state index in [1.807, 2.05) is 13.8 Å². The Labute approximate surface area is 95.8 Å². The highest BCUT2D eigenvalue weighted by molar-refractivity contribution is 5.47. The number of halogens is 1. The summed E-state index contributed by atoms with van der Waals surface area (Å²) in [7, 11) is 1.45. The Morgan fingerprint density at radius 2 is 2.12 bits per heavy atom. The second kappa shape index (κ2) is 5.16. The van der Waals surface area contributed by atoms with Crippen LogP contribution in [0.15, 0.2) is 18.2 Å². The van der Waals surface area contributed by atoms with Crippen LogP contribution in [0, 0.1) is 5.82 Å². The van der Waals surface area contributed by atoms with E-state index < -0.39 is 0 Å². The second-order valence-corrected chi connectivity index (χ2v) is 4.51. The zero-order valence-corrected chi connectivity index (χ0v) is 10.0. The largest absolute Gasteiger partial charge is 0.494 e. The number of methoxy groups -OCH3 is 1. The number of nitrogens with one attached hydrogen (secondary N) is 1. The van der Waals surface area contributed by atoms with Gasteiger partial charge in [-0.05, 0) is 32.4 Å². The molecule has 90 valence electrons. The average molecular weight is 226 g/mol. The van der Waals surface area contributed by atoms with Crippen LogP contribution in [0.3, 0.4) is 0 Å². The van der Waals surface area contributed by atoms with Crippen molar-refractivity contribution < 1.29 is 9.13 Å². The monoisotopic (exact) mass is 226 g/mol. The molecular formula is C12H19FN2O. The summed E-state index contributed by atoms with van der Waals surface area (Å²) in [6.07, 6.45) is 0.820. The number of hydrogen-bond donors (Lipinski definition) is 2. The van der Waals surface area contributed by atoms with Crippen molar-refractivity contribution >= 4 is 5.69 Å². The summed E-state index contributed by atoms with van der Waals surface area (Å²) in [5.41, 5.74) is 6.37. The van der Waals surface area contributed by atoms with Crippen LogP contribution >= 0.6 is 0 Å². The Morgan fingerprint density at radius 3 is 2.62 bits per heavy atom. The van der Waals surface area contributed by atoms with E-state index in [0.717, 1.165) is 18.7 Å². The third-order valence-corrected chi connectivity index (χ3v) is 2.25. The van der Waals surface area contributed by atoms with Crippen molar-refractivity contribution in [2.45, 2.75) is 25.8 Å². The molecule has 0 aliphatic carbocycles. The molecule has 1 aromatic rings. The lowest BCUT2D eigenvalue weighted by atomic mass is 10.0. The van der Waals surface area contributed by atoms with E-state index in [4.69, 9.17) is 10.5 Å². The maximum absolute atomic E-state index is 13.3. The molecule has 0 saturated carbocycles. The van der Waals surface area contributed by atoms with Gasteiger partial charge < -0.3 is 15.8 Å². The van der Waals surface area contributed by atoms with Crippen LogP contribution in [0.2, 0.25) is 0 Å². The molecule has 4 heteroatoms. The molecule has 0 aliphatic heterocycles. The Morgan fingerprint density at radius 1 is 1.44 bits per heavy atom. The number of nitrogens with two attached hydrogens (primary N) is 1. The van der Waals surface area contributed by atoms with E-state index in [9.17, 15) is 4.39 Å². The first-order valence-corrected chi connectivity index (χ1v) is 5.29. The number of ether oxygens (including phenoxy) is 1. The van der Waals surface area contributed by atoms with Crippen LogP contribution < -0.4 is 15.8 Å². The molecule has 16 heavy (non-hydrogen) atoms. The predicted octanol–water partition coefficient (Wildman–Crippen LogP) is 2.37. The second-order valence-electron chi connectivity index (χ2n) is 4.51. The van der Waals surface area contributed by atoms with Crippen molar-refractivity contribution in [1.82, 2.24) is 0 Å². The molecular weight excluding hydrogens is 207 g/mol. The van der Waals surface area contributed by atoms with E-state index in [0.29, 0.717) is 0 Å². The number of benzene rings is 1. The van der Waals surface area contributed by atoms with Gasteiger partial charge in [-0.15, -0.1) is 0 Å². The molecule has 0 amide bonds. The molecule has 0 radical (unpaired) electrons. The summed E-state index contributed by atoms with van der Waals surface area (Å²) in [6.45, 7) is 4.64. The van der Waals surface area contributed by atoms with Crippen molar-refractivity contribution in [2.75, 3.05) is 19.0 Å². The molecule has 0 spiro atoms. The lowest BCUT2D eigenvalue weighted by Gasteiger charge is -2.18. The van der Waals surface area contributed by atoms with E-state index in [1.165, 1.54) is 13.2 Å². The minimum absolute atomic E-state index is 0.210. The maximum Gasteiger partial charge on any atom is 0.167 e. The van der Waals surface area contributed by atoms with Crippen molar-refractivity contribution in [3.63, 3.8) is 0 Å².